The van der Waals surface area contributed by atoms with Gasteiger partial charge in [-0.05, 0) is 43.3 Å². The molecular weight excluding hydrogens is 412 g/mol. The van der Waals surface area contributed by atoms with Crippen molar-refractivity contribution in [2.45, 2.75) is 16.5 Å². The monoisotopic (exact) mass is 430 g/mol. The zero-order valence-corrected chi connectivity index (χ0v) is 17.3. The summed E-state index contributed by atoms with van der Waals surface area (Å²) >= 11 is 2.74. The number of carbonyl (C=O) groups excluding carboxylic acids is 1. The van der Waals surface area contributed by atoms with Crippen LogP contribution < -0.4 is 24.8 Å². The third-order valence-electron chi connectivity index (χ3n) is 4.03. The van der Waals surface area contributed by atoms with E-state index in [9.17, 15) is 4.79 Å². The van der Waals surface area contributed by atoms with Gasteiger partial charge in [0, 0.05) is 17.4 Å². The predicted octanol–water partition coefficient (Wildman–Crippen LogP) is 4.14. The highest BCUT2D eigenvalue weighted by Crippen LogP contribution is 2.35. The van der Waals surface area contributed by atoms with Crippen LogP contribution in [-0.4, -0.2) is 35.3 Å². The van der Waals surface area contributed by atoms with Gasteiger partial charge in [0.05, 0.1) is 12.4 Å². The molecule has 10 heteroatoms. The van der Waals surface area contributed by atoms with Crippen molar-refractivity contribution >= 4 is 45.5 Å². The van der Waals surface area contributed by atoms with E-state index in [2.05, 4.69) is 20.8 Å². The standard InChI is InChI=1S/C19H18N4O4S2/c1-11(17(24)20-13-5-8-15-16(9-13)27-10-26-15)28-19-23-22-18(29-19)21-12-3-6-14(25-2)7-4-12/h3-9,11H,10H2,1-2H3,(H,20,24)(H,21,22)/t11-/m0/s1. The Hall–Kier alpha value is -2.98. The van der Waals surface area contributed by atoms with E-state index in [-0.39, 0.29) is 18.0 Å². The minimum atomic E-state index is -0.345. The van der Waals surface area contributed by atoms with E-state index in [0.717, 1.165) is 11.4 Å². The second-order valence-corrected chi connectivity index (χ2v) is 8.61. The lowest BCUT2D eigenvalue weighted by Gasteiger charge is -2.10. The molecule has 1 amide bonds. The number of benzene rings is 2. The van der Waals surface area contributed by atoms with Crippen LogP contribution in [0.4, 0.5) is 16.5 Å². The molecule has 150 valence electrons. The van der Waals surface area contributed by atoms with Crippen molar-refractivity contribution in [1.82, 2.24) is 10.2 Å². The molecule has 2 aromatic carbocycles. The fraction of sp³-hybridized carbons (Fsp3) is 0.211. The number of amides is 1. The lowest BCUT2D eigenvalue weighted by molar-refractivity contribution is -0.115. The quantitative estimate of drug-likeness (QED) is 0.540. The molecule has 0 saturated carbocycles. The summed E-state index contributed by atoms with van der Waals surface area (Å²) in [6, 6.07) is 12.8. The van der Waals surface area contributed by atoms with E-state index in [1.807, 2.05) is 31.2 Å². The fourth-order valence-electron chi connectivity index (χ4n) is 2.53. The lowest BCUT2D eigenvalue weighted by atomic mass is 10.2. The number of hydrogen-bond acceptors (Lipinski definition) is 9. The van der Waals surface area contributed by atoms with Crippen molar-refractivity contribution in [1.29, 1.82) is 0 Å². The Morgan fingerprint density at radius 2 is 1.90 bits per heavy atom. The van der Waals surface area contributed by atoms with Gasteiger partial charge in [0.15, 0.2) is 15.8 Å². The van der Waals surface area contributed by atoms with Crippen LogP contribution in [0, 0.1) is 0 Å². The third kappa shape index (κ3) is 4.72. The van der Waals surface area contributed by atoms with Crippen LogP contribution in [0.15, 0.2) is 46.8 Å². The number of rotatable bonds is 7. The Morgan fingerprint density at radius 3 is 2.69 bits per heavy atom. The molecule has 0 fully saturated rings. The van der Waals surface area contributed by atoms with Crippen LogP contribution >= 0.6 is 23.1 Å². The molecule has 8 nitrogen and oxygen atoms in total. The minimum Gasteiger partial charge on any atom is -0.497 e. The first-order valence-electron chi connectivity index (χ1n) is 8.72. The SMILES string of the molecule is COc1ccc(Nc2nnc(S[C@@H](C)C(=O)Nc3ccc4c(c3)OCO4)s2)cc1. The Kier molecular flexibility index (Phi) is 5.72. The average molecular weight is 431 g/mol. The number of thioether (sulfide) groups is 1. The van der Waals surface area contributed by atoms with Gasteiger partial charge in [-0.1, -0.05) is 23.1 Å². The molecule has 0 unspecified atom stereocenters. The van der Waals surface area contributed by atoms with Gasteiger partial charge in [-0.15, -0.1) is 10.2 Å². The topological polar surface area (TPSA) is 94.6 Å². The molecule has 0 spiro atoms. The normalized spacial score (nSPS) is 13.0. The summed E-state index contributed by atoms with van der Waals surface area (Å²) in [5.74, 6) is 1.96. The first kappa shape index (κ1) is 19.3. The maximum absolute atomic E-state index is 12.5. The van der Waals surface area contributed by atoms with Crippen molar-refractivity contribution < 1.29 is 19.0 Å². The number of fused-ring (bicyclic) bond motifs is 1. The summed E-state index contributed by atoms with van der Waals surface area (Å²) in [6.45, 7) is 2.02. The van der Waals surface area contributed by atoms with Crippen LogP contribution in [0.3, 0.4) is 0 Å². The molecule has 1 atom stereocenters. The first-order valence-corrected chi connectivity index (χ1v) is 10.4. The van der Waals surface area contributed by atoms with Gasteiger partial charge in [-0.25, -0.2) is 0 Å². The summed E-state index contributed by atoms with van der Waals surface area (Å²) < 4.78 is 16.5. The minimum absolute atomic E-state index is 0.131. The number of nitrogens with zero attached hydrogens (tertiary/aromatic N) is 2. The zero-order valence-electron chi connectivity index (χ0n) is 15.7. The molecule has 4 rings (SSSR count). The molecule has 2 N–H and O–H groups in total. The van der Waals surface area contributed by atoms with Gasteiger partial charge < -0.3 is 24.8 Å². The first-order chi connectivity index (χ1) is 14.1. The molecule has 2 heterocycles. The number of ether oxygens (including phenoxy) is 3. The van der Waals surface area contributed by atoms with Crippen molar-refractivity contribution in [3.8, 4) is 17.2 Å². The molecule has 0 radical (unpaired) electrons. The summed E-state index contributed by atoms with van der Waals surface area (Å²) in [5.41, 5.74) is 1.54. The van der Waals surface area contributed by atoms with Crippen molar-refractivity contribution in [2.24, 2.45) is 0 Å². The smallest absolute Gasteiger partial charge is 0.237 e. The molecular formula is C19H18N4O4S2. The maximum atomic E-state index is 12.5. The number of methoxy groups -OCH3 is 1. The second kappa shape index (κ2) is 8.58. The van der Waals surface area contributed by atoms with Gasteiger partial charge in [0.2, 0.25) is 17.8 Å². The van der Waals surface area contributed by atoms with Gasteiger partial charge in [-0.3, -0.25) is 4.79 Å². The van der Waals surface area contributed by atoms with E-state index >= 15 is 0 Å². The summed E-state index contributed by atoms with van der Waals surface area (Å²) in [6.07, 6.45) is 0. The number of aromatic nitrogens is 2. The summed E-state index contributed by atoms with van der Waals surface area (Å²) in [4.78, 5) is 12.5. The van der Waals surface area contributed by atoms with Gasteiger partial charge in [0.1, 0.15) is 5.75 Å². The molecule has 1 aliphatic heterocycles. The van der Waals surface area contributed by atoms with Crippen molar-refractivity contribution in [2.75, 3.05) is 24.5 Å². The number of hydrogen-bond donors (Lipinski definition) is 2. The second-order valence-electron chi connectivity index (χ2n) is 6.04. The average Bonchev–Trinajstić information content (AvgIpc) is 3.37. The van der Waals surface area contributed by atoms with E-state index in [4.69, 9.17) is 14.2 Å². The number of anilines is 3. The third-order valence-corrected chi connectivity index (χ3v) is 6.06. The Bertz CT molecular complexity index is 1010. The zero-order chi connectivity index (χ0) is 20.2. The van der Waals surface area contributed by atoms with E-state index in [1.165, 1.54) is 23.1 Å². The van der Waals surface area contributed by atoms with Crippen LogP contribution in [0.1, 0.15) is 6.92 Å². The highest BCUT2D eigenvalue weighted by Gasteiger charge is 2.19. The highest BCUT2D eigenvalue weighted by atomic mass is 32.2. The largest absolute Gasteiger partial charge is 0.497 e. The van der Waals surface area contributed by atoms with Crippen LogP contribution in [-0.2, 0) is 4.79 Å². The van der Waals surface area contributed by atoms with Gasteiger partial charge in [0.25, 0.3) is 0 Å². The number of carbonyl (C=O) groups is 1. The molecule has 0 saturated heterocycles. The van der Waals surface area contributed by atoms with Crippen LogP contribution in [0.2, 0.25) is 0 Å². The molecule has 0 aliphatic carbocycles. The van der Waals surface area contributed by atoms with Gasteiger partial charge >= 0.3 is 0 Å². The molecule has 1 aromatic heterocycles. The van der Waals surface area contributed by atoms with E-state index < -0.39 is 0 Å². The molecule has 1 aliphatic rings. The van der Waals surface area contributed by atoms with Crippen molar-refractivity contribution in [3.05, 3.63) is 42.5 Å². The molecule has 0 bridgehead atoms. The van der Waals surface area contributed by atoms with E-state index in [1.54, 1.807) is 25.3 Å². The summed E-state index contributed by atoms with van der Waals surface area (Å²) in [5, 5.41) is 14.7. The maximum Gasteiger partial charge on any atom is 0.237 e. The van der Waals surface area contributed by atoms with Gasteiger partial charge in [-0.2, -0.15) is 0 Å². The lowest BCUT2D eigenvalue weighted by Crippen LogP contribution is -2.22. The number of nitrogens with one attached hydrogen (secondary N) is 2. The summed E-state index contributed by atoms with van der Waals surface area (Å²) in [7, 11) is 1.63. The Labute approximate surface area is 175 Å². The molecule has 3 aromatic rings. The Balaban J connectivity index is 1.33. The van der Waals surface area contributed by atoms with Crippen LogP contribution in [0.5, 0.6) is 17.2 Å². The van der Waals surface area contributed by atoms with E-state index in [0.29, 0.717) is 26.7 Å². The molecule has 29 heavy (non-hydrogen) atoms. The Morgan fingerprint density at radius 1 is 1.14 bits per heavy atom. The predicted molar refractivity (Wildman–Crippen MR) is 113 cm³/mol. The highest BCUT2D eigenvalue weighted by molar-refractivity contribution is 8.02. The fourth-order valence-corrected chi connectivity index (χ4v) is 4.44. The van der Waals surface area contributed by atoms with Crippen LogP contribution in [0.25, 0.3) is 0 Å². The van der Waals surface area contributed by atoms with Crippen molar-refractivity contribution in [3.63, 3.8) is 0 Å².